The number of anilines is 1. The van der Waals surface area contributed by atoms with Crippen LogP contribution in [0.25, 0.3) is 22.8 Å². The van der Waals surface area contributed by atoms with Crippen LogP contribution in [0, 0.1) is 31.5 Å². The molecule has 37 heavy (non-hydrogen) atoms. The van der Waals surface area contributed by atoms with Crippen molar-refractivity contribution >= 4 is 5.82 Å². The number of pyridine rings is 1. The van der Waals surface area contributed by atoms with Crippen molar-refractivity contribution in [3.63, 3.8) is 0 Å². The third kappa shape index (κ3) is 4.70. The van der Waals surface area contributed by atoms with Gasteiger partial charge in [0, 0.05) is 37.0 Å². The second-order valence-corrected chi connectivity index (χ2v) is 10.0. The molecule has 0 radical (unpaired) electrons. The number of hydrogen-bond donors (Lipinski definition) is 1. The minimum absolute atomic E-state index is 0.0277. The highest BCUT2D eigenvalue weighted by molar-refractivity contribution is 5.67. The SMILES string of the molecule is Cc1cccc(-c2nc(N)c(F)c(-c3cn(Cc4cccc(CN5CC6COCC6C5)n4)nn3)n2)c1C. The highest BCUT2D eigenvalue weighted by Crippen LogP contribution is 2.30. The van der Waals surface area contributed by atoms with Crippen LogP contribution in [0.3, 0.4) is 0 Å². The standard InChI is InChI=1S/C27H29FN8O/c1-16-5-3-8-22(17(16)2)27-31-25(24(28)26(29)32-27)23-13-36(34-33-23)12-21-7-4-6-20(30-21)11-35-9-18-14-37-15-19(18)10-35/h3-8,13,18-19H,9-12,14-15H2,1-2H3,(H2,29,31,32). The number of nitrogens with zero attached hydrogens (tertiary/aromatic N) is 7. The van der Waals surface area contributed by atoms with Crippen molar-refractivity contribution < 1.29 is 9.13 Å². The van der Waals surface area contributed by atoms with Crippen molar-refractivity contribution in [1.82, 2.24) is 34.8 Å². The predicted molar refractivity (Wildman–Crippen MR) is 137 cm³/mol. The van der Waals surface area contributed by atoms with Crippen molar-refractivity contribution in [3.8, 4) is 22.8 Å². The Bertz CT molecular complexity index is 1440. The maximum absolute atomic E-state index is 15.0. The number of rotatable bonds is 6. The fourth-order valence-corrected chi connectivity index (χ4v) is 5.25. The van der Waals surface area contributed by atoms with E-state index in [0.717, 1.165) is 60.9 Å². The van der Waals surface area contributed by atoms with Crippen LogP contribution >= 0.6 is 0 Å². The average molecular weight is 501 g/mol. The van der Waals surface area contributed by atoms with Gasteiger partial charge >= 0.3 is 0 Å². The molecule has 2 aliphatic rings. The van der Waals surface area contributed by atoms with Crippen molar-refractivity contribution in [2.45, 2.75) is 26.9 Å². The summed E-state index contributed by atoms with van der Waals surface area (Å²) in [6, 6.07) is 11.8. The van der Waals surface area contributed by atoms with Crippen molar-refractivity contribution in [2.75, 3.05) is 32.0 Å². The van der Waals surface area contributed by atoms with E-state index in [0.29, 0.717) is 29.9 Å². The van der Waals surface area contributed by atoms with Gasteiger partial charge in [0.2, 0.25) is 0 Å². The monoisotopic (exact) mass is 500 g/mol. The first kappa shape index (κ1) is 23.6. The third-order valence-electron chi connectivity index (χ3n) is 7.39. The molecule has 1 aromatic carbocycles. The van der Waals surface area contributed by atoms with Gasteiger partial charge in [-0.15, -0.1) is 5.10 Å². The van der Waals surface area contributed by atoms with E-state index in [4.69, 9.17) is 15.5 Å². The number of benzene rings is 1. The summed E-state index contributed by atoms with van der Waals surface area (Å²) in [5.74, 6) is 0.715. The molecule has 0 bridgehead atoms. The van der Waals surface area contributed by atoms with Gasteiger partial charge in [0.1, 0.15) is 11.4 Å². The Morgan fingerprint density at radius 1 is 0.973 bits per heavy atom. The van der Waals surface area contributed by atoms with Crippen LogP contribution < -0.4 is 5.73 Å². The second kappa shape index (κ2) is 9.60. The van der Waals surface area contributed by atoms with E-state index in [-0.39, 0.29) is 11.5 Å². The smallest absolute Gasteiger partial charge is 0.193 e. The fourth-order valence-electron chi connectivity index (χ4n) is 5.25. The molecule has 2 saturated heterocycles. The lowest BCUT2D eigenvalue weighted by molar-refractivity contribution is 0.152. The first-order chi connectivity index (χ1) is 17.9. The molecule has 0 saturated carbocycles. The molecule has 2 fully saturated rings. The summed E-state index contributed by atoms with van der Waals surface area (Å²) in [7, 11) is 0. The molecule has 0 spiro atoms. The van der Waals surface area contributed by atoms with E-state index in [2.05, 4.69) is 31.2 Å². The highest BCUT2D eigenvalue weighted by Gasteiger charge is 2.37. The van der Waals surface area contributed by atoms with E-state index in [9.17, 15) is 4.39 Å². The lowest BCUT2D eigenvalue weighted by Gasteiger charge is -2.16. The van der Waals surface area contributed by atoms with Gasteiger partial charge in [0.15, 0.2) is 17.5 Å². The minimum atomic E-state index is -0.706. The van der Waals surface area contributed by atoms with E-state index >= 15 is 0 Å². The molecule has 2 unspecified atom stereocenters. The number of likely N-dealkylation sites (tertiary alicyclic amines) is 1. The molecule has 2 aliphatic heterocycles. The number of fused-ring (bicyclic) bond motifs is 1. The Labute approximate surface area is 214 Å². The summed E-state index contributed by atoms with van der Waals surface area (Å²) in [5, 5.41) is 8.38. The molecule has 2 N–H and O–H groups in total. The second-order valence-electron chi connectivity index (χ2n) is 10.0. The molecule has 5 heterocycles. The van der Waals surface area contributed by atoms with Gasteiger partial charge < -0.3 is 10.5 Å². The van der Waals surface area contributed by atoms with Gasteiger partial charge in [0.25, 0.3) is 0 Å². The van der Waals surface area contributed by atoms with Gasteiger partial charge in [-0.2, -0.15) is 0 Å². The minimum Gasteiger partial charge on any atom is -0.381 e. The summed E-state index contributed by atoms with van der Waals surface area (Å²) in [6.45, 7) is 9.06. The molecule has 190 valence electrons. The highest BCUT2D eigenvalue weighted by atomic mass is 19.1. The van der Waals surface area contributed by atoms with Crippen molar-refractivity contribution in [1.29, 1.82) is 0 Å². The lowest BCUT2D eigenvalue weighted by atomic mass is 10.0. The molecule has 2 atom stereocenters. The summed E-state index contributed by atoms with van der Waals surface area (Å²) >= 11 is 0. The predicted octanol–water partition coefficient (Wildman–Crippen LogP) is 3.26. The molecule has 0 aliphatic carbocycles. The van der Waals surface area contributed by atoms with Crippen LogP contribution in [-0.2, 0) is 17.8 Å². The zero-order chi connectivity index (χ0) is 25.5. The van der Waals surface area contributed by atoms with Gasteiger partial charge in [-0.05, 0) is 37.1 Å². The topological polar surface area (TPSA) is 108 Å². The first-order valence-electron chi connectivity index (χ1n) is 12.5. The Hall–Kier alpha value is -3.76. The Kier molecular flexibility index (Phi) is 6.13. The van der Waals surface area contributed by atoms with Crippen LogP contribution in [0.1, 0.15) is 22.5 Å². The molecule has 9 nitrogen and oxygen atoms in total. The van der Waals surface area contributed by atoms with Gasteiger partial charge in [-0.25, -0.2) is 19.0 Å². The summed E-state index contributed by atoms with van der Waals surface area (Å²) in [5.41, 5.74) is 11.0. The van der Waals surface area contributed by atoms with Gasteiger partial charge in [0.05, 0.1) is 37.3 Å². The summed E-state index contributed by atoms with van der Waals surface area (Å²) in [6.07, 6.45) is 1.66. The number of aromatic nitrogens is 6. The first-order valence-corrected chi connectivity index (χ1v) is 12.5. The number of hydrogen-bond acceptors (Lipinski definition) is 8. The quantitative estimate of drug-likeness (QED) is 0.430. The van der Waals surface area contributed by atoms with E-state index in [1.165, 1.54) is 0 Å². The zero-order valence-electron chi connectivity index (χ0n) is 20.9. The van der Waals surface area contributed by atoms with Crippen LogP contribution in [0.15, 0.2) is 42.6 Å². The molecule has 6 rings (SSSR count). The molecular formula is C27H29FN8O. The number of halogens is 1. The van der Waals surface area contributed by atoms with Crippen molar-refractivity contribution in [2.24, 2.45) is 11.8 Å². The normalized spacial score (nSPS) is 19.4. The third-order valence-corrected chi connectivity index (χ3v) is 7.39. The van der Waals surface area contributed by atoms with Gasteiger partial charge in [-0.1, -0.05) is 29.5 Å². The van der Waals surface area contributed by atoms with Crippen LogP contribution in [0.4, 0.5) is 10.2 Å². The zero-order valence-corrected chi connectivity index (χ0v) is 20.9. The fraction of sp³-hybridized carbons (Fsp3) is 0.370. The van der Waals surface area contributed by atoms with Crippen molar-refractivity contribution in [3.05, 3.63) is 70.9 Å². The van der Waals surface area contributed by atoms with E-state index < -0.39 is 5.82 Å². The Balaban J connectivity index is 1.21. The summed E-state index contributed by atoms with van der Waals surface area (Å²) < 4.78 is 22.2. The molecule has 10 heteroatoms. The molecule has 4 aromatic rings. The van der Waals surface area contributed by atoms with Gasteiger partial charge in [-0.3, -0.25) is 9.88 Å². The van der Waals surface area contributed by atoms with Crippen LogP contribution in [0.2, 0.25) is 0 Å². The number of nitrogen functional groups attached to an aromatic ring is 1. The average Bonchev–Trinajstić information content (AvgIpc) is 3.60. The molecular weight excluding hydrogens is 471 g/mol. The van der Waals surface area contributed by atoms with Crippen LogP contribution in [0.5, 0.6) is 0 Å². The van der Waals surface area contributed by atoms with Crippen LogP contribution in [-0.4, -0.2) is 61.1 Å². The largest absolute Gasteiger partial charge is 0.381 e. The summed E-state index contributed by atoms with van der Waals surface area (Å²) in [4.78, 5) is 16.0. The Morgan fingerprint density at radius 2 is 1.70 bits per heavy atom. The molecule has 3 aromatic heterocycles. The maximum Gasteiger partial charge on any atom is 0.193 e. The number of nitrogens with two attached hydrogens (primary N) is 1. The number of ether oxygens (including phenoxy) is 1. The number of aryl methyl sites for hydroxylation is 1. The van der Waals surface area contributed by atoms with E-state index in [1.807, 2.05) is 44.2 Å². The maximum atomic E-state index is 15.0. The molecule has 0 amide bonds. The van der Waals surface area contributed by atoms with E-state index in [1.54, 1.807) is 10.9 Å². The lowest BCUT2D eigenvalue weighted by Crippen LogP contribution is -2.23. The Morgan fingerprint density at radius 3 is 2.49 bits per heavy atom.